The fourth-order valence-corrected chi connectivity index (χ4v) is 20.9. The van der Waals surface area contributed by atoms with E-state index in [4.69, 9.17) is 30.5 Å². The Kier molecular flexibility index (Phi) is 34.2. The van der Waals surface area contributed by atoms with Gasteiger partial charge in [-0.3, -0.25) is 95.4 Å². The van der Waals surface area contributed by atoms with Crippen LogP contribution < -0.4 is 56.2 Å². The second-order valence-corrected chi connectivity index (χ2v) is 40.7. The monoisotopic (exact) mass is 2130 g/mol. The number of anilines is 7. The maximum atomic E-state index is 12.7. The van der Waals surface area contributed by atoms with Crippen LogP contribution in [0.15, 0.2) is 303 Å². The lowest BCUT2D eigenvalue weighted by Gasteiger charge is -2.25. The number of hydrogen-bond acceptors (Lipinski definition) is 33. The Bertz CT molecular complexity index is 7310. The molecule has 44 heteroatoms. The van der Waals surface area contributed by atoms with E-state index in [1.807, 2.05) is 160 Å². The number of aromatic nitrogens is 12. The van der Waals surface area contributed by atoms with E-state index in [-0.39, 0.29) is 52.9 Å². The van der Waals surface area contributed by atoms with Crippen LogP contribution in [0.2, 0.25) is 4.34 Å². The molecule has 1 unspecified atom stereocenters. The summed E-state index contributed by atoms with van der Waals surface area (Å²) in [6.45, 7) is 3.70. The van der Waals surface area contributed by atoms with Crippen molar-refractivity contribution >= 4 is 206 Å². The molecule has 21 rings (SSSR count). The third kappa shape index (κ3) is 27.8. The summed E-state index contributed by atoms with van der Waals surface area (Å²) >= 11 is 19.9. The molecule has 0 saturated carbocycles. The molecule has 3 aliphatic heterocycles. The van der Waals surface area contributed by atoms with Gasteiger partial charge >= 0.3 is 0 Å². The normalized spacial score (nSPS) is 12.7. The van der Waals surface area contributed by atoms with E-state index in [9.17, 15) is 42.0 Å². The highest BCUT2D eigenvalue weighted by Crippen LogP contribution is 2.37. The first-order chi connectivity index (χ1) is 68.7. The first kappa shape index (κ1) is 99.2. The van der Waals surface area contributed by atoms with Gasteiger partial charge in [-0.25, -0.2) is 38.3 Å². The zero-order chi connectivity index (χ0) is 97.8. The number of halogens is 2. The third-order valence-corrected chi connectivity index (χ3v) is 29.0. The SMILES string of the molecule is CC(=O)Nc1ccc(C(=O)Nc2nc(-c3cccnc3)cs2)cc1.O=C(Nc1nc(-c2ccccn2)cs1)C1COc2ccccc2O1.O=C(Nc1nc(-c2ccccn2)cs1)c1ccc(Br)s1.O=C(Nc1nc(-c2ccccn2)cs1)c1ccc(Cl)s1.O=C(Nc1nc(-c2ccccn2)cs1)c1ccc(S(=O)(=O)N2CCCCC2)cc1.O=C(Nc1nc(-c2ccccn2)cs1)c1ccc2c(c1)OCCO2. The molecule has 1 atom stereocenters. The summed E-state index contributed by atoms with van der Waals surface area (Å²) in [5.41, 5.74) is 11.2. The molecule has 7 amide bonds. The lowest BCUT2D eigenvalue weighted by atomic mass is 10.2. The van der Waals surface area contributed by atoms with Crippen LogP contribution in [0.5, 0.6) is 23.0 Å². The lowest BCUT2D eigenvalue weighted by molar-refractivity contribution is -0.125. The summed E-state index contributed by atoms with van der Waals surface area (Å²) in [4.78, 5) is 137. The minimum atomic E-state index is -3.51. The average molecular weight is 2130 g/mol. The molecule has 3 aliphatic rings. The number of pyridine rings is 6. The fraction of sp³-hybridized carbons (Fsp3) is 0.103. The number of amides is 7. The number of carbonyl (C=O) groups excluding carboxylic acids is 7. The van der Waals surface area contributed by atoms with Gasteiger partial charge in [-0.05, 0) is 205 Å². The van der Waals surface area contributed by atoms with E-state index < -0.39 is 16.1 Å². The second-order valence-electron chi connectivity index (χ2n) is 29.5. The van der Waals surface area contributed by atoms with Gasteiger partial charge in [-0.2, -0.15) is 4.31 Å². The van der Waals surface area contributed by atoms with Crippen molar-refractivity contribution in [2.75, 3.05) is 70.1 Å². The van der Waals surface area contributed by atoms with E-state index in [1.54, 1.807) is 110 Å². The lowest BCUT2D eigenvalue weighted by Crippen LogP contribution is -2.40. The van der Waals surface area contributed by atoms with Crippen molar-refractivity contribution in [3.05, 3.63) is 329 Å². The molecule has 0 radical (unpaired) electrons. The Morgan fingerprint density at radius 1 is 0.383 bits per heavy atom. The van der Waals surface area contributed by atoms with Crippen LogP contribution in [0, 0.1) is 0 Å². The second kappa shape index (κ2) is 48.6. The number of thiophene rings is 2. The van der Waals surface area contributed by atoms with Crippen molar-refractivity contribution in [2.24, 2.45) is 0 Å². The molecule has 4 aromatic carbocycles. The van der Waals surface area contributed by atoms with Crippen LogP contribution in [-0.2, 0) is 19.6 Å². The Morgan fingerprint density at radius 2 is 0.787 bits per heavy atom. The number of fused-ring (bicyclic) bond motifs is 2. The molecule has 0 bridgehead atoms. The van der Waals surface area contributed by atoms with Gasteiger partial charge in [0.15, 0.2) is 53.8 Å². The van der Waals surface area contributed by atoms with Crippen molar-refractivity contribution in [3.63, 3.8) is 0 Å². The van der Waals surface area contributed by atoms with E-state index in [0.717, 1.165) is 85.6 Å². The van der Waals surface area contributed by atoms with Crippen molar-refractivity contribution in [2.45, 2.75) is 37.2 Å². The van der Waals surface area contributed by atoms with Crippen LogP contribution in [0.4, 0.5) is 36.5 Å². The number of thiazole rings is 6. The number of piperidine rings is 1. The molecule has 17 heterocycles. The Morgan fingerprint density at radius 3 is 1.22 bits per heavy atom. The maximum absolute atomic E-state index is 12.7. The van der Waals surface area contributed by atoms with Gasteiger partial charge < -0.3 is 24.3 Å². The highest BCUT2D eigenvalue weighted by Gasteiger charge is 2.30. The number of nitrogens with one attached hydrogen (secondary N) is 7. The number of nitrogens with zero attached hydrogens (tertiary/aromatic N) is 13. The third-order valence-electron chi connectivity index (χ3n) is 19.7. The maximum Gasteiger partial charge on any atom is 0.270 e. The van der Waals surface area contributed by atoms with Gasteiger partial charge in [0.05, 0.1) is 56.9 Å². The number of rotatable bonds is 21. The fourth-order valence-electron chi connectivity index (χ4n) is 13.0. The van der Waals surface area contributed by atoms with Crippen molar-refractivity contribution in [1.82, 2.24) is 64.1 Å². The summed E-state index contributed by atoms with van der Waals surface area (Å²) in [6.07, 6.45) is 14.1. The Labute approximate surface area is 851 Å². The summed E-state index contributed by atoms with van der Waals surface area (Å²) in [5, 5.41) is 33.6. The molecule has 1 fully saturated rings. The van der Waals surface area contributed by atoms with Crippen molar-refractivity contribution in [1.29, 1.82) is 0 Å². The predicted molar refractivity (Wildman–Crippen MR) is 555 cm³/mol. The van der Waals surface area contributed by atoms with Gasteiger partial charge in [0.25, 0.3) is 35.4 Å². The summed E-state index contributed by atoms with van der Waals surface area (Å²) in [5.74, 6) is 0.826. The molecule has 710 valence electrons. The number of carbonyl (C=O) groups is 7. The first-order valence-corrected chi connectivity index (χ1v) is 52.1. The molecule has 141 heavy (non-hydrogen) atoms. The molecule has 14 aromatic heterocycles. The van der Waals surface area contributed by atoms with Crippen LogP contribution >= 0.6 is 118 Å². The molecular formula is C97H76BrClN20O13S9. The Balaban J connectivity index is 0.000000122. The van der Waals surface area contributed by atoms with E-state index in [2.05, 4.69) is 113 Å². The van der Waals surface area contributed by atoms with Gasteiger partial charge in [0.2, 0.25) is 22.0 Å². The van der Waals surface area contributed by atoms with Crippen LogP contribution in [0.3, 0.4) is 0 Å². The number of para-hydroxylation sites is 2. The predicted octanol–water partition coefficient (Wildman–Crippen LogP) is 21.7. The van der Waals surface area contributed by atoms with E-state index in [1.165, 1.54) is 126 Å². The van der Waals surface area contributed by atoms with Crippen molar-refractivity contribution in [3.8, 4) is 91.2 Å². The molecule has 33 nitrogen and oxygen atoms in total. The summed E-state index contributed by atoms with van der Waals surface area (Å²) in [7, 11) is -3.51. The highest BCUT2D eigenvalue weighted by molar-refractivity contribution is 9.11. The molecule has 0 spiro atoms. The van der Waals surface area contributed by atoms with Gasteiger partial charge in [0, 0.05) is 124 Å². The smallest absolute Gasteiger partial charge is 0.270 e. The van der Waals surface area contributed by atoms with E-state index in [0.29, 0.717) is 122 Å². The largest absolute Gasteiger partial charge is 0.486 e. The summed E-state index contributed by atoms with van der Waals surface area (Å²) < 4.78 is 50.6. The van der Waals surface area contributed by atoms with Crippen LogP contribution in [-0.4, -0.2) is 153 Å². The van der Waals surface area contributed by atoms with Crippen LogP contribution in [0.1, 0.15) is 76.6 Å². The van der Waals surface area contributed by atoms with Gasteiger partial charge in [-0.1, -0.05) is 60.5 Å². The summed E-state index contributed by atoms with van der Waals surface area (Å²) in [6, 6.07) is 63.9. The number of hydrogen-bond donors (Lipinski definition) is 7. The van der Waals surface area contributed by atoms with Gasteiger partial charge in [-0.15, -0.1) is 90.7 Å². The highest BCUT2D eigenvalue weighted by atomic mass is 79.9. The first-order valence-electron chi connectivity index (χ1n) is 42.5. The van der Waals surface area contributed by atoms with Crippen LogP contribution in [0.25, 0.3) is 68.2 Å². The molecule has 18 aromatic rings. The van der Waals surface area contributed by atoms with Gasteiger partial charge in [0.1, 0.15) is 48.3 Å². The molecule has 7 N–H and O–H groups in total. The molecule has 0 aliphatic carbocycles. The standard InChI is InChI=1S/C20H20N4O3S2.C17H14N4O2S.2C17H13N3O3S.C13H8BrN3OS2.C13H8ClN3OS2/c25-19(23-20-22-18(14-28-20)17-6-2-3-11-21-17)15-7-9-16(10-8-15)29(26,27)24-12-4-1-5-13-24;1-11(22)19-14-6-4-12(5-7-14)16(23)21-17-20-15(10-24-17)13-3-2-8-18-9-13;21-16(15-9-22-13-6-1-2-7-14(13)23-15)20-17-19-12(10-24-17)11-5-3-4-8-18-11;21-16(11-4-5-14-15(9-11)23-8-7-22-14)20-17-19-13(10-24-17)12-3-1-2-6-18-12;2*14-11-5-4-10(20-11)12(18)17-13-16-9(7-19-13)8-3-1-2-6-15-8/h2-3,6-11,14H,1,4-5,12-13H2,(H,22,23,25);2-10H,1H3,(H,19,22)(H,20,21,23);1-8,10,15H,9H2,(H,19,20,21);1-6,9-10H,7-8H2,(H,19,20,21);2*1-7H,(H,16,17,18). The quantitative estimate of drug-likeness (QED) is 0.0351. The zero-order valence-corrected chi connectivity index (χ0v) is 83.3. The minimum Gasteiger partial charge on any atom is -0.486 e. The number of ether oxygens (including phenoxy) is 4. The van der Waals surface area contributed by atoms with E-state index >= 15 is 0 Å². The Hall–Kier alpha value is -14.9. The topological polar surface area (TPSA) is 433 Å². The number of benzene rings is 4. The minimum absolute atomic E-state index is 0.150. The number of sulfonamides is 1. The molecule has 1 saturated heterocycles. The molecular weight excluding hydrogens is 2060 g/mol. The zero-order valence-electron chi connectivity index (χ0n) is 73.6. The average Bonchev–Trinajstić information content (AvgIpc) is 0.875. The van der Waals surface area contributed by atoms with Crippen molar-refractivity contribution < 1.29 is 60.9 Å².